The monoisotopic (exact) mass is 310 g/mol. The first-order valence-corrected chi connectivity index (χ1v) is 7.45. The van der Waals surface area contributed by atoms with Gasteiger partial charge in [0, 0.05) is 5.31 Å². The van der Waals surface area contributed by atoms with Crippen molar-refractivity contribution in [1.29, 1.82) is 0 Å². The topological polar surface area (TPSA) is 0 Å². The van der Waals surface area contributed by atoms with Crippen LogP contribution in [-0.4, -0.2) is 7.85 Å². The fourth-order valence-corrected chi connectivity index (χ4v) is 3.59. The summed E-state index contributed by atoms with van der Waals surface area (Å²) in [6.07, 6.45) is 2.20. The minimum atomic E-state index is -0.149. The van der Waals surface area contributed by atoms with Crippen molar-refractivity contribution in [3.8, 4) is 0 Å². The van der Waals surface area contributed by atoms with Gasteiger partial charge in [-0.1, -0.05) is 71.0 Å². The molecule has 0 N–H and O–H groups in total. The molecule has 1 aliphatic rings. The largest absolute Gasteiger partial charge is 0.127 e. The van der Waals surface area contributed by atoms with Gasteiger partial charge < -0.3 is 0 Å². The molecule has 3 rings (SSSR count). The molecule has 0 unspecified atom stereocenters. The van der Waals surface area contributed by atoms with Gasteiger partial charge >= 0.3 is 0 Å². The van der Waals surface area contributed by atoms with Crippen LogP contribution in [0.3, 0.4) is 0 Å². The summed E-state index contributed by atoms with van der Waals surface area (Å²) >= 11 is 3.67. The van der Waals surface area contributed by atoms with Gasteiger partial charge in [-0.15, -0.1) is 0 Å². The van der Waals surface area contributed by atoms with Crippen molar-refractivity contribution in [3.05, 3.63) is 81.8 Å². The Balaban J connectivity index is 2.35. The summed E-state index contributed by atoms with van der Waals surface area (Å²) in [5, 5.41) is -0.149. The lowest BCUT2D eigenvalue weighted by Gasteiger charge is -2.32. The molecule has 94 valence electrons. The number of hydrogen-bond acceptors (Lipinski definition) is 0. The third-order valence-corrected chi connectivity index (χ3v) is 5.11. The van der Waals surface area contributed by atoms with Crippen LogP contribution in [0.2, 0.25) is 0 Å². The first-order chi connectivity index (χ1) is 9.14. The second-order valence-corrected chi connectivity index (χ2v) is 6.30. The van der Waals surface area contributed by atoms with E-state index in [9.17, 15) is 0 Å². The molecule has 2 aromatic rings. The van der Waals surface area contributed by atoms with E-state index in [4.69, 9.17) is 0 Å². The average Bonchev–Trinajstić information content (AvgIpc) is 2.56. The van der Waals surface area contributed by atoms with Gasteiger partial charge in [-0.2, -0.15) is 0 Å². The van der Waals surface area contributed by atoms with Crippen LogP contribution in [-0.2, 0) is 18.2 Å². The summed E-state index contributed by atoms with van der Waals surface area (Å²) in [4.78, 5) is 0. The van der Waals surface area contributed by atoms with Crippen molar-refractivity contribution >= 4 is 23.8 Å². The Bertz CT molecular complexity index is 598. The normalized spacial score (nSPS) is 16.1. The third kappa shape index (κ3) is 1.90. The molecular formula is C17H16BBr. The smallest absolute Gasteiger partial charge is 0.0884 e. The number of fused-ring (bicyclic) bond motifs is 2. The van der Waals surface area contributed by atoms with Gasteiger partial charge in [0.05, 0.1) is 0 Å². The molecule has 0 saturated heterocycles. The summed E-state index contributed by atoms with van der Waals surface area (Å²) in [6, 6.07) is 17.5. The van der Waals surface area contributed by atoms with Gasteiger partial charge in [0.25, 0.3) is 0 Å². The molecule has 0 heterocycles. The summed E-state index contributed by atoms with van der Waals surface area (Å²) in [7, 11) is 2.27. The van der Waals surface area contributed by atoms with Crippen molar-refractivity contribution in [2.24, 2.45) is 0 Å². The summed E-state index contributed by atoms with van der Waals surface area (Å²) in [5.41, 5.74) is 5.62. The standard InChI is InChI=1S/C17H16BBr/c1-12(19)17(18)15-8-4-2-6-13(15)10-11-14-7-3-5-9-16(14)17/h2-9H,1,10-11,18H2. The number of hydrogen-bond donors (Lipinski definition) is 0. The number of aryl methyl sites for hydroxylation is 2. The van der Waals surface area contributed by atoms with Crippen LogP contribution < -0.4 is 0 Å². The molecule has 0 atom stereocenters. The Labute approximate surface area is 124 Å². The Hall–Kier alpha value is -1.28. The predicted molar refractivity (Wildman–Crippen MR) is 87.7 cm³/mol. The second kappa shape index (κ2) is 4.68. The molecule has 2 heteroatoms. The van der Waals surface area contributed by atoms with Crippen LogP contribution in [0, 0.1) is 0 Å². The Morgan fingerprint density at radius 2 is 1.37 bits per heavy atom. The quantitative estimate of drug-likeness (QED) is 0.706. The predicted octanol–water partition coefficient (Wildman–Crippen LogP) is 3.57. The number of benzene rings is 2. The molecular weight excluding hydrogens is 295 g/mol. The van der Waals surface area contributed by atoms with Crippen molar-refractivity contribution in [3.63, 3.8) is 0 Å². The fraction of sp³-hybridized carbons (Fsp3) is 0.176. The van der Waals surface area contributed by atoms with E-state index in [0.717, 1.165) is 17.3 Å². The fourth-order valence-electron chi connectivity index (χ4n) is 3.16. The molecule has 0 bridgehead atoms. The molecule has 0 nitrogen and oxygen atoms in total. The summed E-state index contributed by atoms with van der Waals surface area (Å²) < 4.78 is 1.03. The maximum absolute atomic E-state index is 4.21. The Morgan fingerprint density at radius 3 is 1.79 bits per heavy atom. The number of halogens is 1. The van der Waals surface area contributed by atoms with Crippen molar-refractivity contribution in [2.75, 3.05) is 0 Å². The van der Waals surface area contributed by atoms with Crippen LogP contribution in [0.1, 0.15) is 22.3 Å². The number of allylic oxidation sites excluding steroid dienone is 1. The lowest BCUT2D eigenvalue weighted by atomic mass is 9.59. The SMILES string of the molecule is BC1(C(=C)Br)c2ccccc2CCc2ccccc21. The van der Waals surface area contributed by atoms with Gasteiger partial charge in [-0.05, 0) is 39.6 Å². The molecule has 0 saturated carbocycles. The molecule has 0 aliphatic heterocycles. The highest BCUT2D eigenvalue weighted by atomic mass is 79.9. The van der Waals surface area contributed by atoms with E-state index in [1.165, 1.54) is 22.3 Å². The van der Waals surface area contributed by atoms with Gasteiger partial charge in [0.15, 0.2) is 0 Å². The first kappa shape index (κ1) is 12.7. The lowest BCUT2D eigenvalue weighted by molar-refractivity contribution is 0.902. The minimum Gasteiger partial charge on any atom is -0.0884 e. The molecule has 0 amide bonds. The highest BCUT2D eigenvalue weighted by Crippen LogP contribution is 2.43. The van der Waals surface area contributed by atoms with E-state index in [2.05, 4.69) is 78.9 Å². The van der Waals surface area contributed by atoms with Gasteiger partial charge in [0.2, 0.25) is 0 Å². The van der Waals surface area contributed by atoms with Crippen molar-refractivity contribution in [2.45, 2.75) is 18.2 Å². The molecule has 0 spiro atoms. The van der Waals surface area contributed by atoms with Crippen molar-refractivity contribution in [1.82, 2.24) is 0 Å². The van der Waals surface area contributed by atoms with Gasteiger partial charge in [0.1, 0.15) is 7.85 Å². The minimum absolute atomic E-state index is 0.149. The zero-order valence-corrected chi connectivity index (χ0v) is 12.7. The molecule has 19 heavy (non-hydrogen) atoms. The number of rotatable bonds is 1. The molecule has 0 aromatic heterocycles. The van der Waals surface area contributed by atoms with E-state index >= 15 is 0 Å². The van der Waals surface area contributed by atoms with E-state index in [1.54, 1.807) is 0 Å². The summed E-state index contributed by atoms with van der Waals surface area (Å²) in [5.74, 6) is 0. The first-order valence-electron chi connectivity index (χ1n) is 6.65. The molecule has 0 fully saturated rings. The highest BCUT2D eigenvalue weighted by molar-refractivity contribution is 9.11. The molecule has 1 aliphatic carbocycles. The maximum atomic E-state index is 4.21. The second-order valence-electron chi connectivity index (χ2n) is 5.34. The average molecular weight is 311 g/mol. The van der Waals surface area contributed by atoms with Crippen LogP contribution in [0.4, 0.5) is 0 Å². The van der Waals surface area contributed by atoms with E-state index in [1.807, 2.05) is 0 Å². The highest BCUT2D eigenvalue weighted by Gasteiger charge is 2.35. The van der Waals surface area contributed by atoms with Gasteiger partial charge in [-0.3, -0.25) is 0 Å². The zero-order chi connectivity index (χ0) is 13.5. The Kier molecular flexibility index (Phi) is 3.14. The van der Waals surface area contributed by atoms with E-state index < -0.39 is 0 Å². The molecule has 2 aromatic carbocycles. The maximum Gasteiger partial charge on any atom is 0.127 e. The summed E-state index contributed by atoms with van der Waals surface area (Å²) in [6.45, 7) is 4.21. The van der Waals surface area contributed by atoms with Crippen molar-refractivity contribution < 1.29 is 0 Å². The van der Waals surface area contributed by atoms with Crippen LogP contribution >= 0.6 is 15.9 Å². The zero-order valence-electron chi connectivity index (χ0n) is 11.1. The van der Waals surface area contributed by atoms with Gasteiger partial charge in [-0.25, -0.2) is 0 Å². The van der Waals surface area contributed by atoms with Crippen LogP contribution in [0.25, 0.3) is 0 Å². The Morgan fingerprint density at radius 1 is 0.947 bits per heavy atom. The van der Waals surface area contributed by atoms with Crippen LogP contribution in [0.5, 0.6) is 0 Å². The lowest BCUT2D eigenvalue weighted by Crippen LogP contribution is -2.29. The molecule has 0 radical (unpaired) electrons. The van der Waals surface area contributed by atoms with Crippen LogP contribution in [0.15, 0.2) is 59.6 Å². The third-order valence-electron chi connectivity index (χ3n) is 4.32. The van der Waals surface area contributed by atoms with E-state index in [0.29, 0.717) is 0 Å². The van der Waals surface area contributed by atoms with E-state index in [-0.39, 0.29) is 5.31 Å².